The maximum absolute atomic E-state index is 12.9. The van der Waals surface area contributed by atoms with Crippen molar-refractivity contribution in [1.29, 1.82) is 0 Å². The van der Waals surface area contributed by atoms with Crippen LogP contribution in [-0.2, 0) is 16.1 Å². The van der Waals surface area contributed by atoms with Crippen LogP contribution in [-0.4, -0.2) is 47.1 Å². The van der Waals surface area contributed by atoms with Gasteiger partial charge in [0.05, 0.1) is 5.92 Å². The average molecular weight is 557 g/mol. The largest absolute Gasteiger partial charge is 0.474 e. The number of hydrogen-bond donors (Lipinski definition) is 2. The fourth-order valence-corrected chi connectivity index (χ4v) is 4.58. The monoisotopic (exact) mass is 556 g/mol. The number of rotatable bonds is 20. The van der Waals surface area contributed by atoms with Crippen LogP contribution < -0.4 is 5.32 Å². The van der Waals surface area contributed by atoms with E-state index >= 15 is 0 Å². The maximum atomic E-state index is 12.9. The lowest BCUT2D eigenvalue weighted by molar-refractivity contribution is -0.177. The second-order valence-corrected chi connectivity index (χ2v) is 10.3. The third kappa shape index (κ3) is 15.0. The van der Waals surface area contributed by atoms with E-state index in [9.17, 15) is 27.6 Å². The van der Waals surface area contributed by atoms with Crippen LogP contribution in [0.15, 0.2) is 24.3 Å². The van der Waals surface area contributed by atoms with Gasteiger partial charge in [-0.1, -0.05) is 90.2 Å². The molecule has 0 bridgehead atoms. The van der Waals surface area contributed by atoms with Crippen LogP contribution in [0.1, 0.15) is 120 Å². The van der Waals surface area contributed by atoms with E-state index in [0.29, 0.717) is 17.7 Å². The van der Waals surface area contributed by atoms with E-state index < -0.39 is 24.0 Å². The van der Waals surface area contributed by atoms with E-state index in [-0.39, 0.29) is 44.7 Å². The fraction of sp³-hybridized carbons (Fsp3) is 0.700. The highest BCUT2D eigenvalue weighted by Crippen LogP contribution is 2.32. The predicted molar refractivity (Wildman–Crippen MR) is 147 cm³/mol. The molecule has 222 valence electrons. The molecule has 0 aliphatic heterocycles. The number of nitrogens with zero attached hydrogens (tertiary/aromatic N) is 1. The van der Waals surface area contributed by atoms with Gasteiger partial charge in [0.1, 0.15) is 0 Å². The molecule has 2 N–H and O–H groups in total. The summed E-state index contributed by atoms with van der Waals surface area (Å²) in [7, 11) is 0. The van der Waals surface area contributed by atoms with Crippen LogP contribution in [0.2, 0.25) is 0 Å². The van der Waals surface area contributed by atoms with Crippen molar-refractivity contribution in [2.45, 2.75) is 116 Å². The van der Waals surface area contributed by atoms with Gasteiger partial charge in [0.25, 0.3) is 5.91 Å². The standard InChI is InChI=1S/C30H47F3N2O4/c1-3-5-6-7-8-9-10-11-12-14-21-34-27(36)25-19-17-24(18-20-25)23-35(28(37)29(38)39)22-15-13-16-26(4-2)30(31,32)33/h17-20,26H,3-16,21-23H2,1-2H3,(H,34,36)(H,38,39). The van der Waals surface area contributed by atoms with Crippen LogP contribution >= 0.6 is 0 Å². The Hall–Kier alpha value is -2.58. The van der Waals surface area contributed by atoms with E-state index in [2.05, 4.69) is 12.2 Å². The summed E-state index contributed by atoms with van der Waals surface area (Å²) in [5.74, 6) is -4.30. The first-order chi connectivity index (χ1) is 18.6. The lowest BCUT2D eigenvalue weighted by atomic mass is 9.98. The van der Waals surface area contributed by atoms with Gasteiger partial charge >= 0.3 is 18.1 Å². The molecule has 0 aromatic heterocycles. The summed E-state index contributed by atoms with van der Waals surface area (Å²) in [6.45, 7) is 4.35. The third-order valence-electron chi connectivity index (χ3n) is 7.06. The van der Waals surface area contributed by atoms with Gasteiger partial charge in [0.2, 0.25) is 0 Å². The highest BCUT2D eigenvalue weighted by molar-refractivity contribution is 6.31. The van der Waals surface area contributed by atoms with Crippen LogP contribution in [0.3, 0.4) is 0 Å². The molecule has 2 amide bonds. The van der Waals surface area contributed by atoms with Crippen LogP contribution in [0, 0.1) is 5.92 Å². The Morgan fingerprint density at radius 3 is 1.92 bits per heavy atom. The molecular weight excluding hydrogens is 509 g/mol. The van der Waals surface area contributed by atoms with Crippen LogP contribution in [0.25, 0.3) is 0 Å². The van der Waals surface area contributed by atoms with Gasteiger partial charge < -0.3 is 15.3 Å². The van der Waals surface area contributed by atoms with Crippen molar-refractivity contribution in [3.05, 3.63) is 35.4 Å². The summed E-state index contributed by atoms with van der Waals surface area (Å²) < 4.78 is 38.8. The molecular formula is C30H47F3N2O4. The maximum Gasteiger partial charge on any atom is 0.394 e. The van der Waals surface area contributed by atoms with Gasteiger partial charge in [-0.15, -0.1) is 0 Å². The normalized spacial score (nSPS) is 12.2. The number of carboxylic acids is 1. The van der Waals surface area contributed by atoms with E-state index in [1.165, 1.54) is 58.3 Å². The number of aliphatic carboxylic acids is 1. The molecule has 1 rings (SSSR count). The molecule has 6 nitrogen and oxygen atoms in total. The van der Waals surface area contributed by atoms with Gasteiger partial charge in [-0.3, -0.25) is 9.59 Å². The quantitative estimate of drug-likeness (QED) is 0.129. The summed E-state index contributed by atoms with van der Waals surface area (Å²) in [6, 6.07) is 6.58. The van der Waals surface area contributed by atoms with E-state index in [0.717, 1.165) is 17.7 Å². The van der Waals surface area contributed by atoms with Gasteiger partial charge in [0.15, 0.2) is 0 Å². The Bertz CT molecular complexity index is 844. The van der Waals surface area contributed by atoms with Gasteiger partial charge in [0, 0.05) is 25.2 Å². The lowest BCUT2D eigenvalue weighted by Crippen LogP contribution is -2.36. The number of halogens is 3. The van der Waals surface area contributed by atoms with Crippen molar-refractivity contribution < 1.29 is 32.7 Å². The van der Waals surface area contributed by atoms with E-state index in [1.54, 1.807) is 24.3 Å². The molecule has 0 aliphatic carbocycles. The minimum absolute atomic E-state index is 0.00210. The molecule has 0 aliphatic rings. The lowest BCUT2D eigenvalue weighted by Gasteiger charge is -2.22. The number of benzene rings is 1. The number of nitrogens with one attached hydrogen (secondary N) is 1. The van der Waals surface area contributed by atoms with Gasteiger partial charge in [-0.25, -0.2) is 4.79 Å². The molecule has 0 heterocycles. The Kier molecular flexibility index (Phi) is 17.2. The zero-order valence-corrected chi connectivity index (χ0v) is 23.7. The summed E-state index contributed by atoms with van der Waals surface area (Å²) in [5, 5.41) is 12.1. The van der Waals surface area contributed by atoms with Crippen molar-refractivity contribution in [2.75, 3.05) is 13.1 Å². The number of carbonyl (C=O) groups is 3. The first kappa shape index (κ1) is 34.4. The smallest absolute Gasteiger partial charge is 0.394 e. The number of carbonyl (C=O) groups excluding carboxylic acids is 2. The van der Waals surface area contributed by atoms with E-state index in [4.69, 9.17) is 5.11 Å². The predicted octanol–water partition coefficient (Wildman–Crippen LogP) is 7.51. The molecule has 1 atom stereocenters. The molecule has 9 heteroatoms. The Morgan fingerprint density at radius 1 is 0.846 bits per heavy atom. The number of hydrogen-bond acceptors (Lipinski definition) is 3. The minimum Gasteiger partial charge on any atom is -0.474 e. The SMILES string of the molecule is CCCCCCCCCCCCNC(=O)c1ccc(CN(CCCCC(CC)C(F)(F)F)C(=O)C(=O)O)cc1. The Balaban J connectivity index is 2.42. The van der Waals surface area contributed by atoms with Gasteiger partial charge in [-0.05, 0) is 43.4 Å². The van der Waals surface area contributed by atoms with Crippen LogP contribution in [0.4, 0.5) is 13.2 Å². The molecule has 0 saturated heterocycles. The molecule has 0 spiro atoms. The molecule has 1 unspecified atom stereocenters. The van der Waals surface area contributed by atoms with Crippen molar-refractivity contribution in [3.8, 4) is 0 Å². The average Bonchev–Trinajstić information content (AvgIpc) is 2.90. The van der Waals surface area contributed by atoms with E-state index in [1.807, 2.05) is 0 Å². The number of alkyl halides is 3. The molecule has 1 aromatic rings. The van der Waals surface area contributed by atoms with Crippen molar-refractivity contribution in [3.63, 3.8) is 0 Å². The number of unbranched alkanes of at least 4 members (excludes halogenated alkanes) is 10. The molecule has 0 fully saturated rings. The molecule has 0 saturated carbocycles. The fourth-order valence-electron chi connectivity index (χ4n) is 4.58. The third-order valence-corrected chi connectivity index (χ3v) is 7.06. The minimum atomic E-state index is -4.26. The molecule has 1 aromatic carbocycles. The van der Waals surface area contributed by atoms with Crippen molar-refractivity contribution >= 4 is 17.8 Å². The number of amides is 2. The highest BCUT2D eigenvalue weighted by Gasteiger charge is 2.37. The summed E-state index contributed by atoms with van der Waals surface area (Å²) >= 11 is 0. The summed E-state index contributed by atoms with van der Waals surface area (Å²) in [5.41, 5.74) is 1.11. The Morgan fingerprint density at radius 2 is 1.41 bits per heavy atom. The summed E-state index contributed by atoms with van der Waals surface area (Å²) in [6.07, 6.45) is 8.40. The Labute approximate surface area is 231 Å². The highest BCUT2D eigenvalue weighted by atomic mass is 19.4. The second-order valence-electron chi connectivity index (χ2n) is 10.3. The van der Waals surface area contributed by atoms with Crippen molar-refractivity contribution in [2.24, 2.45) is 5.92 Å². The zero-order valence-electron chi connectivity index (χ0n) is 23.7. The van der Waals surface area contributed by atoms with Gasteiger partial charge in [-0.2, -0.15) is 13.2 Å². The first-order valence-corrected chi connectivity index (χ1v) is 14.6. The molecule has 0 radical (unpaired) electrons. The second kappa shape index (κ2) is 19.5. The first-order valence-electron chi connectivity index (χ1n) is 14.6. The number of carboxylic acid groups (broad SMARTS) is 1. The molecule has 39 heavy (non-hydrogen) atoms. The van der Waals surface area contributed by atoms with Crippen molar-refractivity contribution in [1.82, 2.24) is 10.2 Å². The van der Waals surface area contributed by atoms with Crippen LogP contribution in [0.5, 0.6) is 0 Å². The zero-order chi connectivity index (χ0) is 29.1. The topological polar surface area (TPSA) is 86.7 Å². The summed E-state index contributed by atoms with van der Waals surface area (Å²) in [4.78, 5) is 36.9.